The molecule has 0 saturated carbocycles. The zero-order valence-corrected chi connectivity index (χ0v) is 17.8. The fourth-order valence-electron chi connectivity index (χ4n) is 3.10. The average Bonchev–Trinajstić information content (AvgIpc) is 3.44. The van der Waals surface area contributed by atoms with Crippen LogP contribution in [0.25, 0.3) is 16.5 Å². The SMILES string of the molecule is CCCc1cc(=O)[nH]c(-n2nc(-c3cccs3)cc2NC(=O)c2cccc([N+](=O)[O-])c2)n1. The summed E-state index contributed by atoms with van der Waals surface area (Å²) in [6.07, 6.45) is 1.43. The lowest BCUT2D eigenvalue weighted by atomic mass is 10.2. The molecule has 11 heteroatoms. The lowest BCUT2D eigenvalue weighted by molar-refractivity contribution is -0.384. The van der Waals surface area contributed by atoms with Gasteiger partial charge in [0.25, 0.3) is 17.2 Å². The van der Waals surface area contributed by atoms with Crippen molar-refractivity contribution >= 4 is 28.7 Å². The highest BCUT2D eigenvalue weighted by Crippen LogP contribution is 2.27. The second-order valence-electron chi connectivity index (χ2n) is 6.88. The number of hydrogen-bond acceptors (Lipinski definition) is 7. The zero-order chi connectivity index (χ0) is 22.7. The van der Waals surface area contributed by atoms with E-state index < -0.39 is 10.8 Å². The second kappa shape index (κ2) is 8.94. The summed E-state index contributed by atoms with van der Waals surface area (Å²) in [4.78, 5) is 43.5. The van der Waals surface area contributed by atoms with Crippen molar-refractivity contribution in [2.75, 3.05) is 5.32 Å². The highest BCUT2D eigenvalue weighted by atomic mass is 32.1. The Hall–Kier alpha value is -4.12. The van der Waals surface area contributed by atoms with E-state index >= 15 is 0 Å². The second-order valence-corrected chi connectivity index (χ2v) is 7.82. The molecule has 0 saturated heterocycles. The van der Waals surface area contributed by atoms with Crippen LogP contribution in [0.2, 0.25) is 0 Å². The molecule has 4 aromatic rings. The minimum Gasteiger partial charge on any atom is -0.306 e. The summed E-state index contributed by atoms with van der Waals surface area (Å²) in [5.74, 6) is -0.126. The first-order valence-electron chi connectivity index (χ1n) is 9.75. The van der Waals surface area contributed by atoms with Crippen molar-refractivity contribution in [3.8, 4) is 16.5 Å². The number of aromatic nitrogens is 4. The molecule has 0 atom stereocenters. The predicted molar refractivity (Wildman–Crippen MR) is 120 cm³/mol. The van der Waals surface area contributed by atoms with Crippen LogP contribution in [0.5, 0.6) is 0 Å². The number of hydrogen-bond donors (Lipinski definition) is 2. The summed E-state index contributed by atoms with van der Waals surface area (Å²) in [5.41, 5.74) is 0.783. The van der Waals surface area contributed by atoms with Crippen molar-refractivity contribution in [2.24, 2.45) is 0 Å². The van der Waals surface area contributed by atoms with E-state index in [1.807, 2.05) is 24.4 Å². The first-order chi connectivity index (χ1) is 15.4. The third kappa shape index (κ3) is 4.47. The molecule has 0 spiro atoms. The van der Waals surface area contributed by atoms with Crippen molar-refractivity contribution in [3.63, 3.8) is 0 Å². The maximum absolute atomic E-state index is 12.8. The Labute approximate surface area is 185 Å². The maximum atomic E-state index is 12.8. The molecule has 0 radical (unpaired) electrons. The quantitative estimate of drug-likeness (QED) is 0.325. The van der Waals surface area contributed by atoms with Crippen LogP contribution in [-0.4, -0.2) is 30.6 Å². The number of non-ortho nitro benzene ring substituents is 1. The largest absolute Gasteiger partial charge is 0.306 e. The van der Waals surface area contributed by atoms with Gasteiger partial charge >= 0.3 is 0 Å². The normalized spacial score (nSPS) is 10.8. The molecule has 4 rings (SSSR count). The number of H-pyrrole nitrogens is 1. The highest BCUT2D eigenvalue weighted by Gasteiger charge is 2.18. The summed E-state index contributed by atoms with van der Waals surface area (Å²) in [6, 6.07) is 12.3. The lowest BCUT2D eigenvalue weighted by Gasteiger charge is -2.09. The monoisotopic (exact) mass is 450 g/mol. The van der Waals surface area contributed by atoms with Crippen LogP contribution in [0.1, 0.15) is 29.4 Å². The molecule has 3 aromatic heterocycles. The van der Waals surface area contributed by atoms with Gasteiger partial charge in [-0.05, 0) is 23.9 Å². The minimum atomic E-state index is -0.566. The Morgan fingerprint density at radius 3 is 2.81 bits per heavy atom. The van der Waals surface area contributed by atoms with E-state index in [0.29, 0.717) is 17.8 Å². The number of aryl methyl sites for hydroxylation is 1. The fourth-order valence-corrected chi connectivity index (χ4v) is 3.79. The van der Waals surface area contributed by atoms with Crippen LogP contribution >= 0.6 is 11.3 Å². The number of anilines is 1. The van der Waals surface area contributed by atoms with Gasteiger partial charge in [-0.25, -0.2) is 4.98 Å². The average molecular weight is 450 g/mol. The third-order valence-corrected chi connectivity index (χ3v) is 5.43. The smallest absolute Gasteiger partial charge is 0.270 e. The molecular formula is C21H18N6O4S. The molecule has 2 N–H and O–H groups in total. The Balaban J connectivity index is 1.76. The molecule has 0 aliphatic heterocycles. The molecule has 3 heterocycles. The van der Waals surface area contributed by atoms with E-state index in [4.69, 9.17) is 0 Å². The molecular weight excluding hydrogens is 432 g/mol. The van der Waals surface area contributed by atoms with Gasteiger partial charge in [-0.15, -0.1) is 11.3 Å². The lowest BCUT2D eigenvalue weighted by Crippen LogP contribution is -2.19. The van der Waals surface area contributed by atoms with Crippen molar-refractivity contribution in [1.82, 2.24) is 19.7 Å². The third-order valence-electron chi connectivity index (χ3n) is 4.53. The van der Waals surface area contributed by atoms with Gasteiger partial charge in [0.1, 0.15) is 11.5 Å². The van der Waals surface area contributed by atoms with E-state index in [-0.39, 0.29) is 28.6 Å². The predicted octanol–water partition coefficient (Wildman–Crippen LogP) is 3.80. The first kappa shape index (κ1) is 21.1. The van der Waals surface area contributed by atoms with Crippen molar-refractivity contribution in [3.05, 3.63) is 85.6 Å². The van der Waals surface area contributed by atoms with Crippen LogP contribution in [-0.2, 0) is 6.42 Å². The summed E-state index contributed by atoms with van der Waals surface area (Å²) < 4.78 is 1.35. The zero-order valence-electron chi connectivity index (χ0n) is 16.9. The van der Waals surface area contributed by atoms with Gasteiger partial charge in [0.05, 0.1) is 9.80 Å². The number of nitro benzene ring substituents is 1. The number of aromatic amines is 1. The van der Waals surface area contributed by atoms with Gasteiger partial charge in [0.2, 0.25) is 5.95 Å². The maximum Gasteiger partial charge on any atom is 0.270 e. The van der Waals surface area contributed by atoms with E-state index in [0.717, 1.165) is 11.3 Å². The molecule has 162 valence electrons. The topological polar surface area (TPSA) is 136 Å². The van der Waals surface area contributed by atoms with Crippen LogP contribution in [0.4, 0.5) is 11.5 Å². The van der Waals surface area contributed by atoms with Crippen LogP contribution in [0, 0.1) is 10.1 Å². The van der Waals surface area contributed by atoms with Crippen molar-refractivity contribution < 1.29 is 9.72 Å². The summed E-state index contributed by atoms with van der Waals surface area (Å²) in [7, 11) is 0. The standard InChI is InChI=1S/C21H18N6O4S/c1-2-5-14-11-19(28)24-21(22-14)26-18(12-16(25-26)17-8-4-9-32-17)23-20(29)13-6-3-7-15(10-13)27(30)31/h3-4,6-12H,2,5H2,1H3,(H,23,29)(H,22,24,28). The fraction of sp³-hybridized carbons (Fsp3) is 0.143. The summed E-state index contributed by atoms with van der Waals surface area (Å²) in [6.45, 7) is 1.98. The summed E-state index contributed by atoms with van der Waals surface area (Å²) >= 11 is 1.47. The van der Waals surface area contributed by atoms with Gasteiger partial charge in [-0.1, -0.05) is 25.5 Å². The van der Waals surface area contributed by atoms with Gasteiger partial charge in [-0.3, -0.25) is 24.7 Å². The van der Waals surface area contributed by atoms with E-state index in [1.165, 1.54) is 46.4 Å². The highest BCUT2D eigenvalue weighted by molar-refractivity contribution is 7.13. The number of nitrogens with one attached hydrogen (secondary N) is 2. The Kier molecular flexibility index (Phi) is 5.90. The van der Waals surface area contributed by atoms with Gasteiger partial charge in [0.15, 0.2) is 0 Å². The Morgan fingerprint density at radius 1 is 1.25 bits per heavy atom. The molecule has 10 nitrogen and oxygen atoms in total. The van der Waals surface area contributed by atoms with E-state index in [1.54, 1.807) is 6.07 Å². The Bertz CT molecular complexity index is 1340. The van der Waals surface area contributed by atoms with Crippen LogP contribution in [0.15, 0.2) is 58.7 Å². The molecule has 0 aliphatic rings. The number of nitrogens with zero attached hydrogens (tertiary/aromatic N) is 4. The number of benzene rings is 1. The van der Waals surface area contributed by atoms with Gasteiger partial charge in [-0.2, -0.15) is 9.78 Å². The number of nitro groups is 1. The number of amides is 1. The van der Waals surface area contributed by atoms with Crippen LogP contribution < -0.4 is 10.9 Å². The minimum absolute atomic E-state index is 0.116. The molecule has 1 amide bonds. The molecule has 32 heavy (non-hydrogen) atoms. The summed E-state index contributed by atoms with van der Waals surface area (Å²) in [5, 5.41) is 20.2. The Morgan fingerprint density at radius 2 is 2.09 bits per heavy atom. The number of rotatable bonds is 7. The van der Waals surface area contributed by atoms with E-state index in [2.05, 4.69) is 20.4 Å². The van der Waals surface area contributed by atoms with Crippen molar-refractivity contribution in [2.45, 2.75) is 19.8 Å². The molecule has 0 unspecified atom stereocenters. The van der Waals surface area contributed by atoms with Crippen molar-refractivity contribution in [1.29, 1.82) is 0 Å². The van der Waals surface area contributed by atoms with Gasteiger partial charge in [0, 0.05) is 35.5 Å². The molecule has 0 aliphatic carbocycles. The number of thiophene rings is 1. The number of carbonyl (C=O) groups excluding carboxylic acids is 1. The molecule has 0 fully saturated rings. The first-order valence-corrected chi connectivity index (χ1v) is 10.6. The molecule has 1 aromatic carbocycles. The van der Waals surface area contributed by atoms with E-state index in [9.17, 15) is 19.7 Å². The number of carbonyl (C=O) groups is 1. The van der Waals surface area contributed by atoms with Crippen LogP contribution in [0.3, 0.4) is 0 Å². The van der Waals surface area contributed by atoms with Gasteiger partial charge < -0.3 is 5.32 Å². The molecule has 0 bridgehead atoms.